The summed E-state index contributed by atoms with van der Waals surface area (Å²) in [5.74, 6) is 5.36. The van der Waals surface area contributed by atoms with E-state index in [9.17, 15) is 13.2 Å². The van der Waals surface area contributed by atoms with Crippen LogP contribution >= 0.6 is 0 Å². The van der Waals surface area contributed by atoms with E-state index in [1.807, 2.05) is 13.8 Å². The third-order valence-electron chi connectivity index (χ3n) is 2.86. The molecule has 0 radical (unpaired) electrons. The molecule has 114 valence electrons. The van der Waals surface area contributed by atoms with Crippen LogP contribution in [0.3, 0.4) is 0 Å². The molecule has 1 rings (SSSR count). The molecule has 1 aromatic rings. The van der Waals surface area contributed by atoms with Crippen molar-refractivity contribution in [3.63, 3.8) is 0 Å². The van der Waals surface area contributed by atoms with Crippen LogP contribution in [0.25, 0.3) is 0 Å². The van der Waals surface area contributed by atoms with Gasteiger partial charge >= 0.3 is 6.18 Å². The summed E-state index contributed by atoms with van der Waals surface area (Å²) in [7, 11) is 1.54. The van der Waals surface area contributed by atoms with Gasteiger partial charge in [-0.25, -0.2) is 10.8 Å². The van der Waals surface area contributed by atoms with Crippen molar-refractivity contribution >= 4 is 11.6 Å². The van der Waals surface area contributed by atoms with Crippen LogP contribution in [-0.4, -0.2) is 31.3 Å². The Morgan fingerprint density at radius 1 is 1.45 bits per heavy atom. The highest BCUT2D eigenvalue weighted by Crippen LogP contribution is 2.33. The number of ether oxygens (including phenoxy) is 1. The lowest BCUT2D eigenvalue weighted by Gasteiger charge is -2.29. The van der Waals surface area contributed by atoms with Crippen molar-refractivity contribution in [3.05, 3.63) is 17.7 Å². The summed E-state index contributed by atoms with van der Waals surface area (Å²) < 4.78 is 43.6. The molecule has 0 aliphatic rings. The molecule has 1 aromatic heterocycles. The van der Waals surface area contributed by atoms with E-state index in [4.69, 9.17) is 10.6 Å². The van der Waals surface area contributed by atoms with Crippen molar-refractivity contribution < 1.29 is 17.9 Å². The van der Waals surface area contributed by atoms with Crippen LogP contribution in [0, 0.1) is 0 Å². The number of hydrazine groups is 1. The summed E-state index contributed by atoms with van der Waals surface area (Å²) in [6, 6.07) is 1.78. The molecule has 3 N–H and O–H groups in total. The van der Waals surface area contributed by atoms with E-state index in [1.54, 1.807) is 4.90 Å². The van der Waals surface area contributed by atoms with Crippen molar-refractivity contribution in [2.75, 3.05) is 30.6 Å². The number of nitrogens with two attached hydrogens (primary N) is 1. The Kier molecular flexibility index (Phi) is 5.58. The summed E-state index contributed by atoms with van der Waals surface area (Å²) in [5, 5.41) is 0. The lowest BCUT2D eigenvalue weighted by molar-refractivity contribution is -0.137. The molecule has 0 bridgehead atoms. The van der Waals surface area contributed by atoms with E-state index in [2.05, 4.69) is 10.4 Å². The fourth-order valence-corrected chi connectivity index (χ4v) is 1.93. The van der Waals surface area contributed by atoms with Gasteiger partial charge in [0.05, 0.1) is 18.2 Å². The molecule has 1 unspecified atom stereocenters. The van der Waals surface area contributed by atoms with Gasteiger partial charge < -0.3 is 15.1 Å². The predicted octanol–water partition coefficient (Wildman–Crippen LogP) is 2.25. The van der Waals surface area contributed by atoms with E-state index in [1.165, 1.54) is 7.11 Å². The predicted molar refractivity (Wildman–Crippen MR) is 71.4 cm³/mol. The number of nitrogens with one attached hydrogen (secondary N) is 1. The second kappa shape index (κ2) is 6.76. The van der Waals surface area contributed by atoms with E-state index >= 15 is 0 Å². The summed E-state index contributed by atoms with van der Waals surface area (Å²) >= 11 is 0. The Morgan fingerprint density at radius 2 is 2.10 bits per heavy atom. The van der Waals surface area contributed by atoms with Crippen molar-refractivity contribution in [2.45, 2.75) is 26.1 Å². The van der Waals surface area contributed by atoms with Crippen LogP contribution in [-0.2, 0) is 10.9 Å². The number of hydrogen-bond donors (Lipinski definition) is 2. The first-order valence-electron chi connectivity index (χ1n) is 6.15. The number of aromatic nitrogens is 1. The lowest BCUT2D eigenvalue weighted by Crippen LogP contribution is -2.37. The van der Waals surface area contributed by atoms with E-state index in [-0.39, 0.29) is 17.7 Å². The number of rotatable bonds is 6. The maximum atomic E-state index is 12.9. The van der Waals surface area contributed by atoms with Gasteiger partial charge in [0.2, 0.25) is 0 Å². The molecule has 0 amide bonds. The lowest BCUT2D eigenvalue weighted by atomic mass is 10.2. The van der Waals surface area contributed by atoms with E-state index < -0.39 is 11.7 Å². The average Bonchev–Trinajstić information content (AvgIpc) is 2.38. The van der Waals surface area contributed by atoms with Gasteiger partial charge in [-0.05, 0) is 26.0 Å². The first-order valence-corrected chi connectivity index (χ1v) is 6.15. The minimum Gasteiger partial charge on any atom is -0.383 e. The number of halogens is 3. The molecule has 8 heteroatoms. The normalized spacial score (nSPS) is 13.2. The standard InChI is InChI=1S/C12H19F3N4O/c1-4-19(8(2)7-20-3)11-6-9(12(13,14)15)5-10(17-11)18-16/h5-6,8H,4,7,16H2,1-3H3,(H,17,18). The number of anilines is 2. The Bertz CT molecular complexity index is 439. The topological polar surface area (TPSA) is 63.4 Å². The van der Waals surface area contributed by atoms with Gasteiger partial charge in [0, 0.05) is 13.7 Å². The van der Waals surface area contributed by atoms with Crippen LogP contribution in [0.15, 0.2) is 12.1 Å². The zero-order chi connectivity index (χ0) is 15.3. The maximum absolute atomic E-state index is 12.9. The van der Waals surface area contributed by atoms with Crippen molar-refractivity contribution in [3.8, 4) is 0 Å². The highest BCUT2D eigenvalue weighted by Gasteiger charge is 2.32. The second-order valence-corrected chi connectivity index (χ2v) is 4.33. The Hall–Kier alpha value is -1.54. The first kappa shape index (κ1) is 16.5. The van der Waals surface area contributed by atoms with Gasteiger partial charge in [0.15, 0.2) is 0 Å². The highest BCUT2D eigenvalue weighted by atomic mass is 19.4. The molecule has 5 nitrogen and oxygen atoms in total. The van der Waals surface area contributed by atoms with Gasteiger partial charge in [0.25, 0.3) is 0 Å². The van der Waals surface area contributed by atoms with Crippen LogP contribution in [0.4, 0.5) is 24.8 Å². The number of methoxy groups -OCH3 is 1. The number of likely N-dealkylation sites (N-methyl/N-ethyl adjacent to an activating group) is 1. The fourth-order valence-electron chi connectivity index (χ4n) is 1.93. The Balaban J connectivity index is 3.21. The quantitative estimate of drug-likeness (QED) is 0.622. The van der Waals surface area contributed by atoms with Gasteiger partial charge in [-0.1, -0.05) is 0 Å². The van der Waals surface area contributed by atoms with Crippen molar-refractivity contribution in [1.29, 1.82) is 0 Å². The van der Waals surface area contributed by atoms with Gasteiger partial charge in [0.1, 0.15) is 11.6 Å². The molecular formula is C12H19F3N4O. The highest BCUT2D eigenvalue weighted by molar-refractivity contribution is 5.51. The first-order chi connectivity index (χ1) is 9.33. The monoisotopic (exact) mass is 292 g/mol. The molecule has 1 heterocycles. The smallest absolute Gasteiger partial charge is 0.383 e. The maximum Gasteiger partial charge on any atom is 0.416 e. The van der Waals surface area contributed by atoms with E-state index in [0.717, 1.165) is 12.1 Å². The van der Waals surface area contributed by atoms with Gasteiger partial charge in [-0.2, -0.15) is 13.2 Å². The fraction of sp³-hybridized carbons (Fsp3) is 0.583. The summed E-state index contributed by atoms with van der Waals surface area (Å²) in [4.78, 5) is 5.80. The van der Waals surface area contributed by atoms with Gasteiger partial charge in [-0.3, -0.25) is 0 Å². The van der Waals surface area contributed by atoms with Crippen LogP contribution < -0.4 is 16.2 Å². The summed E-state index contributed by atoms with van der Waals surface area (Å²) in [5.41, 5.74) is 1.37. The number of hydrogen-bond acceptors (Lipinski definition) is 5. The van der Waals surface area contributed by atoms with Crippen LogP contribution in [0.5, 0.6) is 0 Å². The summed E-state index contributed by atoms with van der Waals surface area (Å²) in [6.07, 6.45) is -4.45. The summed E-state index contributed by atoms with van der Waals surface area (Å²) in [6.45, 7) is 4.58. The molecule has 0 aliphatic carbocycles. The van der Waals surface area contributed by atoms with E-state index in [0.29, 0.717) is 13.2 Å². The minimum absolute atomic E-state index is 0.0297. The zero-order valence-electron chi connectivity index (χ0n) is 11.7. The molecule has 20 heavy (non-hydrogen) atoms. The minimum atomic E-state index is -4.45. The number of nitrogen functional groups attached to an aromatic ring is 1. The number of alkyl halides is 3. The third-order valence-corrected chi connectivity index (χ3v) is 2.86. The van der Waals surface area contributed by atoms with Crippen molar-refractivity contribution in [2.24, 2.45) is 5.84 Å². The molecular weight excluding hydrogens is 273 g/mol. The van der Waals surface area contributed by atoms with Gasteiger partial charge in [-0.15, -0.1) is 0 Å². The number of pyridine rings is 1. The van der Waals surface area contributed by atoms with Crippen molar-refractivity contribution in [1.82, 2.24) is 4.98 Å². The molecule has 0 aliphatic heterocycles. The molecule has 0 aromatic carbocycles. The Labute approximate surface area is 115 Å². The second-order valence-electron chi connectivity index (χ2n) is 4.33. The zero-order valence-corrected chi connectivity index (χ0v) is 11.7. The molecule has 1 atom stereocenters. The van der Waals surface area contributed by atoms with Crippen LogP contribution in [0.2, 0.25) is 0 Å². The molecule has 0 spiro atoms. The molecule has 0 saturated heterocycles. The third kappa shape index (κ3) is 3.97. The number of nitrogens with zero attached hydrogens (tertiary/aromatic N) is 2. The molecule has 0 saturated carbocycles. The largest absolute Gasteiger partial charge is 0.416 e. The Morgan fingerprint density at radius 3 is 2.55 bits per heavy atom. The van der Waals surface area contributed by atoms with Crippen LogP contribution in [0.1, 0.15) is 19.4 Å². The SMILES string of the molecule is CCN(c1cc(C(F)(F)F)cc(NN)n1)C(C)COC. The molecule has 0 fully saturated rings. The average molecular weight is 292 g/mol.